The second kappa shape index (κ2) is 7.83. The predicted molar refractivity (Wildman–Crippen MR) is 94.7 cm³/mol. The Morgan fingerprint density at radius 3 is 2.33 bits per heavy atom. The molecule has 0 spiro atoms. The van der Waals surface area contributed by atoms with E-state index in [9.17, 15) is 18.3 Å². The van der Waals surface area contributed by atoms with Gasteiger partial charge in [-0.05, 0) is 36.0 Å². The van der Waals surface area contributed by atoms with Crippen LogP contribution in [0.25, 0.3) is 0 Å². The van der Waals surface area contributed by atoms with E-state index < -0.39 is 15.8 Å². The largest absolute Gasteiger partial charge is 0.508 e. The molecule has 0 radical (unpaired) electrons. The molecular formula is C18H26O5S. The van der Waals surface area contributed by atoms with Crippen LogP contribution in [0, 0.1) is 5.92 Å². The summed E-state index contributed by atoms with van der Waals surface area (Å²) < 4.78 is 29.4. The second-order valence-electron chi connectivity index (χ2n) is 6.70. The fourth-order valence-electron chi connectivity index (χ4n) is 2.23. The number of carbonyl (C=O) groups is 1. The number of ether oxygens (including phenoxy) is 1. The molecule has 1 rings (SSSR count). The summed E-state index contributed by atoms with van der Waals surface area (Å²) in [6, 6.07) is 6.78. The Morgan fingerprint density at radius 1 is 1.29 bits per heavy atom. The standard InChI is InChI=1S/C18H26O5S/c1-13(2)17(20)23-10-11-24(21,22)12-14(3)18(4,5)15-6-8-16(19)9-7-15/h6-9,14,19H,1,10-12H2,2-5H3. The zero-order valence-electron chi connectivity index (χ0n) is 14.7. The average Bonchev–Trinajstić information content (AvgIpc) is 2.46. The molecule has 1 aromatic carbocycles. The molecule has 0 saturated heterocycles. The van der Waals surface area contributed by atoms with Crippen molar-refractivity contribution in [2.45, 2.75) is 33.1 Å². The summed E-state index contributed by atoms with van der Waals surface area (Å²) in [5.41, 5.74) is 0.820. The molecule has 1 N–H and O–H groups in total. The van der Waals surface area contributed by atoms with Crippen molar-refractivity contribution in [3.05, 3.63) is 42.0 Å². The molecule has 24 heavy (non-hydrogen) atoms. The van der Waals surface area contributed by atoms with Gasteiger partial charge in [-0.25, -0.2) is 13.2 Å². The Balaban J connectivity index is 2.70. The van der Waals surface area contributed by atoms with Gasteiger partial charge in [-0.3, -0.25) is 0 Å². The Labute approximate surface area is 144 Å². The Kier molecular flexibility index (Phi) is 6.60. The maximum Gasteiger partial charge on any atom is 0.333 e. The molecule has 0 aliphatic rings. The number of phenols is 1. The van der Waals surface area contributed by atoms with E-state index in [1.807, 2.05) is 20.8 Å². The third-order valence-electron chi connectivity index (χ3n) is 4.32. The van der Waals surface area contributed by atoms with E-state index in [2.05, 4.69) is 6.58 Å². The third-order valence-corrected chi connectivity index (χ3v) is 6.12. The minimum absolute atomic E-state index is 0.00843. The summed E-state index contributed by atoms with van der Waals surface area (Å²) in [7, 11) is -3.36. The van der Waals surface area contributed by atoms with Crippen LogP contribution in [-0.2, 0) is 24.8 Å². The van der Waals surface area contributed by atoms with Gasteiger partial charge in [0, 0.05) is 5.57 Å². The highest BCUT2D eigenvalue weighted by Gasteiger charge is 2.31. The van der Waals surface area contributed by atoms with Gasteiger partial charge in [0.2, 0.25) is 0 Å². The molecule has 1 atom stereocenters. The lowest BCUT2D eigenvalue weighted by molar-refractivity contribution is -0.138. The summed E-state index contributed by atoms with van der Waals surface area (Å²) in [5.74, 6) is -0.770. The van der Waals surface area contributed by atoms with Gasteiger partial charge in [0.25, 0.3) is 0 Å². The van der Waals surface area contributed by atoms with Gasteiger partial charge in [-0.1, -0.05) is 39.5 Å². The zero-order valence-corrected chi connectivity index (χ0v) is 15.5. The highest BCUT2D eigenvalue weighted by Crippen LogP contribution is 2.33. The first-order valence-corrected chi connectivity index (χ1v) is 9.60. The molecule has 0 fully saturated rings. The average molecular weight is 354 g/mol. The number of hydrogen-bond donors (Lipinski definition) is 1. The Bertz CT molecular complexity index is 687. The van der Waals surface area contributed by atoms with Crippen LogP contribution in [0.5, 0.6) is 5.75 Å². The molecule has 134 valence electrons. The topological polar surface area (TPSA) is 80.7 Å². The molecular weight excluding hydrogens is 328 g/mol. The SMILES string of the molecule is C=C(C)C(=O)OCCS(=O)(=O)CC(C)C(C)(C)c1ccc(O)cc1. The summed E-state index contributed by atoms with van der Waals surface area (Å²) >= 11 is 0. The molecule has 1 aromatic rings. The van der Waals surface area contributed by atoms with Gasteiger partial charge in [0.1, 0.15) is 12.4 Å². The van der Waals surface area contributed by atoms with E-state index in [0.717, 1.165) is 5.56 Å². The third kappa shape index (κ3) is 5.67. The van der Waals surface area contributed by atoms with Crippen LogP contribution < -0.4 is 0 Å². The first-order valence-electron chi connectivity index (χ1n) is 7.78. The zero-order chi connectivity index (χ0) is 18.5. The maximum atomic E-state index is 12.3. The van der Waals surface area contributed by atoms with Gasteiger partial charge in [0.05, 0.1) is 11.5 Å². The van der Waals surface area contributed by atoms with Crippen molar-refractivity contribution in [1.29, 1.82) is 0 Å². The highest BCUT2D eigenvalue weighted by atomic mass is 32.2. The van der Waals surface area contributed by atoms with Crippen molar-refractivity contribution >= 4 is 15.8 Å². The van der Waals surface area contributed by atoms with E-state index in [-0.39, 0.29) is 40.8 Å². The molecule has 0 aromatic heterocycles. The van der Waals surface area contributed by atoms with Crippen molar-refractivity contribution in [1.82, 2.24) is 0 Å². The number of phenolic OH excluding ortho intramolecular Hbond substituents is 1. The number of aromatic hydroxyl groups is 1. The molecule has 0 aliphatic carbocycles. The van der Waals surface area contributed by atoms with Crippen molar-refractivity contribution in [3.63, 3.8) is 0 Å². The van der Waals surface area contributed by atoms with E-state index in [4.69, 9.17) is 4.74 Å². The van der Waals surface area contributed by atoms with Crippen LogP contribution in [0.3, 0.4) is 0 Å². The van der Waals surface area contributed by atoms with Gasteiger partial charge in [-0.2, -0.15) is 0 Å². The summed E-state index contributed by atoms with van der Waals surface area (Å²) in [6.07, 6.45) is 0. The first-order chi connectivity index (χ1) is 11.0. The number of rotatable bonds is 8. The van der Waals surface area contributed by atoms with Crippen LogP contribution in [-0.4, -0.2) is 37.6 Å². The van der Waals surface area contributed by atoms with Gasteiger partial charge in [0.15, 0.2) is 9.84 Å². The predicted octanol–water partition coefficient (Wildman–Crippen LogP) is 2.84. The van der Waals surface area contributed by atoms with Crippen LogP contribution in [0.4, 0.5) is 0 Å². The smallest absolute Gasteiger partial charge is 0.333 e. The molecule has 0 heterocycles. The van der Waals surface area contributed by atoms with Gasteiger partial charge < -0.3 is 9.84 Å². The minimum atomic E-state index is -3.36. The Morgan fingerprint density at radius 2 is 1.83 bits per heavy atom. The van der Waals surface area contributed by atoms with E-state index in [0.29, 0.717) is 0 Å². The second-order valence-corrected chi connectivity index (χ2v) is 8.93. The lowest BCUT2D eigenvalue weighted by Gasteiger charge is -2.32. The molecule has 1 unspecified atom stereocenters. The molecule has 6 heteroatoms. The van der Waals surface area contributed by atoms with Crippen LogP contribution in [0.2, 0.25) is 0 Å². The van der Waals surface area contributed by atoms with Crippen LogP contribution in [0.1, 0.15) is 33.3 Å². The number of esters is 1. The monoisotopic (exact) mass is 354 g/mol. The van der Waals surface area contributed by atoms with E-state index in [1.165, 1.54) is 6.92 Å². The van der Waals surface area contributed by atoms with Crippen molar-refractivity contribution < 1.29 is 23.1 Å². The number of carbonyl (C=O) groups excluding carboxylic acids is 1. The van der Waals surface area contributed by atoms with Gasteiger partial charge >= 0.3 is 5.97 Å². The highest BCUT2D eigenvalue weighted by molar-refractivity contribution is 7.91. The molecule has 5 nitrogen and oxygen atoms in total. The first kappa shape index (κ1) is 20.2. The Hall–Kier alpha value is -1.82. The summed E-state index contributed by atoms with van der Waals surface area (Å²) in [4.78, 5) is 11.3. The lowest BCUT2D eigenvalue weighted by atomic mass is 9.75. The number of hydrogen-bond acceptors (Lipinski definition) is 5. The van der Waals surface area contributed by atoms with Crippen molar-refractivity contribution in [2.75, 3.05) is 18.1 Å². The van der Waals surface area contributed by atoms with Gasteiger partial charge in [-0.15, -0.1) is 0 Å². The van der Waals surface area contributed by atoms with Crippen LogP contribution in [0.15, 0.2) is 36.4 Å². The fraction of sp³-hybridized carbons (Fsp3) is 0.500. The van der Waals surface area contributed by atoms with Crippen LogP contribution >= 0.6 is 0 Å². The van der Waals surface area contributed by atoms with E-state index >= 15 is 0 Å². The molecule has 0 bridgehead atoms. The van der Waals surface area contributed by atoms with E-state index in [1.54, 1.807) is 24.3 Å². The van der Waals surface area contributed by atoms with Crippen molar-refractivity contribution in [3.8, 4) is 5.75 Å². The molecule has 0 aliphatic heterocycles. The molecule has 0 amide bonds. The maximum absolute atomic E-state index is 12.3. The summed E-state index contributed by atoms with van der Waals surface area (Å²) in [6.45, 7) is 10.6. The summed E-state index contributed by atoms with van der Waals surface area (Å²) in [5, 5.41) is 9.38. The van der Waals surface area contributed by atoms with Crippen molar-refractivity contribution in [2.24, 2.45) is 5.92 Å². The number of benzene rings is 1. The quantitative estimate of drug-likeness (QED) is 0.573. The number of sulfone groups is 1. The normalized spacial score (nSPS) is 13.3. The molecule has 0 saturated carbocycles. The lowest BCUT2D eigenvalue weighted by Crippen LogP contribution is -2.33. The fourth-order valence-corrected chi connectivity index (χ4v) is 3.92. The minimum Gasteiger partial charge on any atom is -0.508 e.